The number of hydrogen-bond donors (Lipinski definition) is 1. The van der Waals surface area contributed by atoms with Gasteiger partial charge >= 0.3 is 0 Å². The van der Waals surface area contributed by atoms with E-state index in [0.717, 1.165) is 50.7 Å². The summed E-state index contributed by atoms with van der Waals surface area (Å²) in [5, 5.41) is 12.2. The minimum absolute atomic E-state index is 0.0454. The molecule has 3 heterocycles. The van der Waals surface area contributed by atoms with Crippen molar-refractivity contribution >= 4 is 5.91 Å². The molecule has 2 aliphatic rings. The van der Waals surface area contributed by atoms with E-state index in [-0.39, 0.29) is 23.8 Å². The lowest BCUT2D eigenvalue weighted by Crippen LogP contribution is -2.38. The molecule has 0 bridgehead atoms. The summed E-state index contributed by atoms with van der Waals surface area (Å²) in [5.74, 6) is 2.76. The molecule has 1 aromatic rings. The topological polar surface area (TPSA) is 72.3 Å². The molecule has 2 atom stereocenters. The average molecular weight is 390 g/mol. The summed E-state index contributed by atoms with van der Waals surface area (Å²) in [4.78, 5) is 15.1. The van der Waals surface area contributed by atoms with Gasteiger partial charge in [0.15, 0.2) is 5.82 Å². The number of carbonyl (C=O) groups is 1. The van der Waals surface area contributed by atoms with Crippen LogP contribution in [-0.4, -0.2) is 58.4 Å². The van der Waals surface area contributed by atoms with Crippen LogP contribution in [0.1, 0.15) is 51.8 Å². The van der Waals surface area contributed by atoms with Crippen molar-refractivity contribution in [3.8, 4) is 0 Å². The number of allylic oxidation sites excluding steroid dienone is 1. The van der Waals surface area contributed by atoms with E-state index in [1.807, 2.05) is 0 Å². The number of aromatic nitrogens is 3. The van der Waals surface area contributed by atoms with Gasteiger partial charge in [0.05, 0.1) is 18.6 Å². The van der Waals surface area contributed by atoms with E-state index >= 15 is 0 Å². The molecule has 2 aliphatic heterocycles. The summed E-state index contributed by atoms with van der Waals surface area (Å²) >= 11 is 0. The van der Waals surface area contributed by atoms with Crippen molar-refractivity contribution in [2.75, 3.05) is 32.8 Å². The molecule has 0 spiro atoms. The molecule has 28 heavy (non-hydrogen) atoms. The van der Waals surface area contributed by atoms with E-state index < -0.39 is 0 Å². The first-order valence-corrected chi connectivity index (χ1v) is 10.6. The predicted molar refractivity (Wildman–Crippen MR) is 109 cm³/mol. The van der Waals surface area contributed by atoms with E-state index in [4.69, 9.17) is 4.74 Å². The van der Waals surface area contributed by atoms with Gasteiger partial charge in [0.1, 0.15) is 5.82 Å². The highest BCUT2D eigenvalue weighted by atomic mass is 16.5. The molecule has 3 rings (SSSR count). The van der Waals surface area contributed by atoms with Crippen LogP contribution in [0.2, 0.25) is 0 Å². The first kappa shape index (κ1) is 21.0. The van der Waals surface area contributed by atoms with Gasteiger partial charge in [-0.1, -0.05) is 39.8 Å². The van der Waals surface area contributed by atoms with Crippen molar-refractivity contribution in [1.82, 2.24) is 25.0 Å². The molecule has 7 nitrogen and oxygen atoms in total. The number of amides is 1. The van der Waals surface area contributed by atoms with Gasteiger partial charge in [0, 0.05) is 39.2 Å². The second-order valence-corrected chi connectivity index (χ2v) is 8.64. The van der Waals surface area contributed by atoms with Crippen LogP contribution in [0.25, 0.3) is 0 Å². The van der Waals surface area contributed by atoms with Crippen molar-refractivity contribution in [3.63, 3.8) is 0 Å². The van der Waals surface area contributed by atoms with Crippen LogP contribution in [-0.2, 0) is 22.5 Å². The Morgan fingerprint density at radius 1 is 1.25 bits per heavy atom. The van der Waals surface area contributed by atoms with Crippen molar-refractivity contribution in [3.05, 3.63) is 23.8 Å². The van der Waals surface area contributed by atoms with Gasteiger partial charge in [-0.2, -0.15) is 0 Å². The Morgan fingerprint density at radius 3 is 2.75 bits per heavy atom. The molecular formula is C21H35N5O2. The summed E-state index contributed by atoms with van der Waals surface area (Å²) in [7, 11) is 0. The van der Waals surface area contributed by atoms with E-state index in [1.165, 1.54) is 0 Å². The van der Waals surface area contributed by atoms with Crippen LogP contribution in [0.3, 0.4) is 0 Å². The fourth-order valence-electron chi connectivity index (χ4n) is 3.83. The Labute approximate surface area is 168 Å². The Hall–Kier alpha value is -1.73. The molecule has 1 N–H and O–H groups in total. The maximum absolute atomic E-state index is 12.7. The fraction of sp³-hybridized carbons (Fsp3) is 0.762. The number of carbonyl (C=O) groups excluding carboxylic acids is 1. The maximum Gasteiger partial charge on any atom is 0.226 e. The van der Waals surface area contributed by atoms with Gasteiger partial charge in [0.2, 0.25) is 5.91 Å². The Kier molecular flexibility index (Phi) is 7.24. The largest absolute Gasteiger partial charge is 0.381 e. The molecule has 156 valence electrons. The Morgan fingerprint density at radius 2 is 2.07 bits per heavy atom. The fourth-order valence-corrected chi connectivity index (χ4v) is 3.83. The van der Waals surface area contributed by atoms with Crippen LogP contribution in [0.5, 0.6) is 0 Å². The molecule has 1 amide bonds. The van der Waals surface area contributed by atoms with Gasteiger partial charge in [0.25, 0.3) is 0 Å². The van der Waals surface area contributed by atoms with E-state index in [0.29, 0.717) is 19.1 Å². The minimum atomic E-state index is -0.123. The quantitative estimate of drug-likeness (QED) is 0.724. The van der Waals surface area contributed by atoms with Crippen molar-refractivity contribution in [2.24, 2.45) is 17.8 Å². The zero-order chi connectivity index (χ0) is 20.1. The van der Waals surface area contributed by atoms with Gasteiger partial charge in [-0.05, 0) is 18.3 Å². The third-order valence-corrected chi connectivity index (χ3v) is 5.58. The summed E-state index contributed by atoms with van der Waals surface area (Å²) in [5.41, 5.74) is 0. The maximum atomic E-state index is 12.7. The summed E-state index contributed by atoms with van der Waals surface area (Å²) in [6.07, 6.45) is 6.21. The lowest BCUT2D eigenvalue weighted by molar-refractivity contribution is -0.126. The number of fused-ring (bicyclic) bond motifs is 1. The normalized spacial score (nSPS) is 22.0. The zero-order valence-electron chi connectivity index (χ0n) is 17.7. The Bertz CT molecular complexity index is 676. The van der Waals surface area contributed by atoms with Crippen LogP contribution in [0.4, 0.5) is 0 Å². The predicted octanol–water partition coefficient (Wildman–Crippen LogP) is 2.20. The van der Waals surface area contributed by atoms with E-state index in [2.05, 4.69) is 64.8 Å². The van der Waals surface area contributed by atoms with E-state index in [9.17, 15) is 4.79 Å². The highest BCUT2D eigenvalue weighted by Crippen LogP contribution is 2.24. The van der Waals surface area contributed by atoms with Gasteiger partial charge in [-0.3, -0.25) is 9.69 Å². The molecule has 1 saturated heterocycles. The second kappa shape index (κ2) is 9.65. The van der Waals surface area contributed by atoms with Crippen molar-refractivity contribution in [1.29, 1.82) is 0 Å². The minimum Gasteiger partial charge on any atom is -0.381 e. The summed E-state index contributed by atoms with van der Waals surface area (Å²) in [6.45, 7) is 13.6. The van der Waals surface area contributed by atoms with Crippen molar-refractivity contribution in [2.45, 2.75) is 53.1 Å². The number of nitrogens with one attached hydrogen (secondary N) is 1. The molecule has 7 heteroatoms. The molecular weight excluding hydrogens is 354 g/mol. The number of hydrogen-bond acceptors (Lipinski definition) is 5. The smallest absolute Gasteiger partial charge is 0.226 e. The standard InChI is InChI=1S/C21H35N5O2/c1-15(2)6-5-9-25-10-7-18-23-24-20(26(18)12-11-25)19(16(3)4)22-21(27)17-8-13-28-14-17/h5-6,15-17,19H,7-14H2,1-4H3,(H,22,27). The van der Waals surface area contributed by atoms with E-state index in [1.54, 1.807) is 0 Å². The monoisotopic (exact) mass is 389 g/mol. The van der Waals surface area contributed by atoms with Gasteiger partial charge in [-0.25, -0.2) is 0 Å². The molecule has 1 fully saturated rings. The van der Waals surface area contributed by atoms with Crippen LogP contribution in [0, 0.1) is 17.8 Å². The average Bonchev–Trinajstić information content (AvgIpc) is 3.27. The Balaban J connectivity index is 1.68. The number of ether oxygens (including phenoxy) is 1. The van der Waals surface area contributed by atoms with Gasteiger partial charge < -0.3 is 14.6 Å². The van der Waals surface area contributed by atoms with Gasteiger partial charge in [-0.15, -0.1) is 10.2 Å². The second-order valence-electron chi connectivity index (χ2n) is 8.64. The lowest BCUT2D eigenvalue weighted by atomic mass is 10.0. The van der Waals surface area contributed by atoms with Crippen LogP contribution in [0.15, 0.2) is 12.2 Å². The summed E-state index contributed by atoms with van der Waals surface area (Å²) in [6, 6.07) is -0.123. The first-order valence-electron chi connectivity index (χ1n) is 10.6. The molecule has 1 aromatic heterocycles. The number of rotatable bonds is 7. The molecule has 0 radical (unpaired) electrons. The summed E-state index contributed by atoms with van der Waals surface area (Å²) < 4.78 is 7.60. The zero-order valence-corrected chi connectivity index (χ0v) is 17.7. The van der Waals surface area contributed by atoms with Crippen LogP contribution >= 0.6 is 0 Å². The lowest BCUT2D eigenvalue weighted by Gasteiger charge is -2.24. The van der Waals surface area contributed by atoms with Crippen LogP contribution < -0.4 is 5.32 Å². The molecule has 2 unspecified atom stereocenters. The highest BCUT2D eigenvalue weighted by molar-refractivity contribution is 5.79. The van der Waals surface area contributed by atoms with Crippen molar-refractivity contribution < 1.29 is 9.53 Å². The third kappa shape index (κ3) is 5.20. The SMILES string of the molecule is CC(C)C=CCN1CCc2nnc(C(NC(=O)C3CCOC3)C(C)C)n2CC1. The molecule has 0 aliphatic carbocycles. The highest BCUT2D eigenvalue weighted by Gasteiger charge is 2.31. The molecule has 0 aromatic carbocycles. The number of nitrogens with zero attached hydrogens (tertiary/aromatic N) is 4. The third-order valence-electron chi connectivity index (χ3n) is 5.58. The molecule has 0 saturated carbocycles. The first-order chi connectivity index (χ1) is 13.5.